The largest absolute Gasteiger partial charge is 0.438 e. The van der Waals surface area contributed by atoms with Crippen LogP contribution in [0.25, 0.3) is 0 Å². The Hall–Kier alpha value is -1.86. The van der Waals surface area contributed by atoms with E-state index in [1.165, 1.54) is 23.5 Å². The van der Waals surface area contributed by atoms with Gasteiger partial charge in [-0.15, -0.1) is 11.3 Å². The lowest BCUT2D eigenvalue weighted by atomic mass is 10.1. The summed E-state index contributed by atoms with van der Waals surface area (Å²) in [5.74, 6) is 0. The van der Waals surface area contributed by atoms with E-state index in [-0.39, 0.29) is 11.4 Å². The second-order valence-corrected chi connectivity index (χ2v) is 5.61. The zero-order valence-corrected chi connectivity index (χ0v) is 11.5. The van der Waals surface area contributed by atoms with Crippen LogP contribution in [-0.4, -0.2) is 22.7 Å². The fourth-order valence-electron chi connectivity index (χ4n) is 2.19. The second kappa shape index (κ2) is 4.85. The molecule has 0 aliphatic carbocycles. The summed E-state index contributed by atoms with van der Waals surface area (Å²) in [7, 11) is 0. The Kier molecular flexibility index (Phi) is 3.26. The van der Waals surface area contributed by atoms with Crippen LogP contribution < -0.4 is 5.01 Å². The van der Waals surface area contributed by atoms with E-state index < -0.39 is 18.3 Å². The molecule has 3 rings (SSSR count). The number of para-hydroxylation sites is 1. The first kappa shape index (κ1) is 14.1. The van der Waals surface area contributed by atoms with E-state index in [1.54, 1.807) is 35.7 Å². The molecule has 1 atom stereocenters. The number of benzene rings is 1. The highest BCUT2D eigenvalue weighted by molar-refractivity contribution is 7.12. The van der Waals surface area contributed by atoms with E-state index in [1.807, 2.05) is 0 Å². The molecule has 21 heavy (non-hydrogen) atoms. The zero-order chi connectivity index (χ0) is 15.1. The molecule has 3 nitrogen and oxygen atoms in total. The summed E-state index contributed by atoms with van der Waals surface area (Å²) in [6.07, 6.45) is -5.41. The molecule has 1 aliphatic rings. The molecule has 7 heteroatoms. The Morgan fingerprint density at radius 2 is 1.86 bits per heavy atom. The van der Waals surface area contributed by atoms with Crippen molar-refractivity contribution in [3.63, 3.8) is 0 Å². The molecular formula is C14H11F3N2OS. The van der Waals surface area contributed by atoms with Gasteiger partial charge in [0.15, 0.2) is 0 Å². The topological polar surface area (TPSA) is 35.8 Å². The van der Waals surface area contributed by atoms with Crippen molar-refractivity contribution in [3.8, 4) is 0 Å². The number of hydrazone groups is 1. The Labute approximate surface area is 122 Å². The van der Waals surface area contributed by atoms with E-state index in [9.17, 15) is 18.3 Å². The molecule has 1 unspecified atom stereocenters. The van der Waals surface area contributed by atoms with Crippen molar-refractivity contribution < 1.29 is 18.3 Å². The number of halogens is 3. The summed E-state index contributed by atoms with van der Waals surface area (Å²) < 4.78 is 40.0. The third kappa shape index (κ3) is 2.32. The average molecular weight is 312 g/mol. The van der Waals surface area contributed by atoms with Gasteiger partial charge in [0, 0.05) is 0 Å². The first-order valence-electron chi connectivity index (χ1n) is 6.17. The molecule has 0 saturated carbocycles. The lowest BCUT2D eigenvalue weighted by molar-refractivity contribution is -0.254. The van der Waals surface area contributed by atoms with E-state index in [2.05, 4.69) is 5.10 Å². The minimum atomic E-state index is -4.81. The fraction of sp³-hybridized carbons (Fsp3) is 0.214. The van der Waals surface area contributed by atoms with Gasteiger partial charge in [-0.1, -0.05) is 24.3 Å². The maximum Gasteiger partial charge on any atom is 0.438 e. The predicted octanol–water partition coefficient (Wildman–Crippen LogP) is 3.61. The molecule has 1 aromatic heterocycles. The average Bonchev–Trinajstić information content (AvgIpc) is 3.06. The number of hydrogen-bond acceptors (Lipinski definition) is 4. The number of anilines is 1. The SMILES string of the molecule is OC1(C(F)(F)F)CC(c2cccs2)=NN1c1ccccc1. The van der Waals surface area contributed by atoms with E-state index in [4.69, 9.17) is 0 Å². The Morgan fingerprint density at radius 1 is 1.14 bits per heavy atom. The molecular weight excluding hydrogens is 301 g/mol. The van der Waals surface area contributed by atoms with Crippen molar-refractivity contribution in [1.29, 1.82) is 0 Å². The van der Waals surface area contributed by atoms with Crippen LogP contribution in [0.5, 0.6) is 0 Å². The van der Waals surface area contributed by atoms with E-state index >= 15 is 0 Å². The highest BCUT2D eigenvalue weighted by atomic mass is 32.1. The van der Waals surface area contributed by atoms with Gasteiger partial charge in [0.1, 0.15) is 0 Å². The fourth-order valence-corrected chi connectivity index (χ4v) is 2.90. The van der Waals surface area contributed by atoms with Gasteiger partial charge in [0.2, 0.25) is 0 Å². The maximum absolute atomic E-state index is 13.3. The lowest BCUT2D eigenvalue weighted by Gasteiger charge is -2.33. The van der Waals surface area contributed by atoms with Crippen LogP contribution in [0.15, 0.2) is 52.9 Å². The summed E-state index contributed by atoms with van der Waals surface area (Å²) in [4.78, 5) is 0.621. The third-order valence-corrected chi connectivity index (χ3v) is 4.16. The predicted molar refractivity (Wildman–Crippen MR) is 75.4 cm³/mol. The number of aliphatic hydroxyl groups is 1. The lowest BCUT2D eigenvalue weighted by Crippen LogP contribution is -2.55. The Bertz CT molecular complexity index is 655. The number of thiophene rings is 1. The summed E-state index contributed by atoms with van der Waals surface area (Å²) in [6, 6.07) is 11.3. The second-order valence-electron chi connectivity index (χ2n) is 4.66. The molecule has 0 radical (unpaired) electrons. The van der Waals surface area contributed by atoms with Crippen LogP contribution in [0.1, 0.15) is 11.3 Å². The van der Waals surface area contributed by atoms with Crippen molar-refractivity contribution >= 4 is 22.7 Å². The van der Waals surface area contributed by atoms with Crippen LogP contribution in [0, 0.1) is 0 Å². The highest BCUT2D eigenvalue weighted by Gasteiger charge is 2.62. The summed E-state index contributed by atoms with van der Waals surface area (Å²) >= 11 is 1.29. The molecule has 1 aliphatic heterocycles. The van der Waals surface area contributed by atoms with Gasteiger partial charge in [-0.05, 0) is 23.6 Å². The summed E-state index contributed by atoms with van der Waals surface area (Å²) in [5, 5.41) is 16.6. The van der Waals surface area contributed by atoms with Gasteiger partial charge >= 0.3 is 6.18 Å². The van der Waals surface area contributed by atoms with Crippen LogP contribution in [-0.2, 0) is 0 Å². The monoisotopic (exact) mass is 312 g/mol. The smallest absolute Gasteiger partial charge is 0.362 e. The summed E-state index contributed by atoms with van der Waals surface area (Å²) in [6.45, 7) is 0. The van der Waals surface area contributed by atoms with Crippen LogP contribution in [0.2, 0.25) is 0 Å². The first-order chi connectivity index (χ1) is 9.92. The number of alkyl halides is 3. The zero-order valence-electron chi connectivity index (χ0n) is 10.7. The van der Waals surface area contributed by atoms with Crippen molar-refractivity contribution in [2.24, 2.45) is 5.10 Å². The molecule has 2 heterocycles. The highest BCUT2D eigenvalue weighted by Crippen LogP contribution is 2.43. The van der Waals surface area contributed by atoms with E-state index in [0.29, 0.717) is 9.89 Å². The molecule has 2 aromatic rings. The quantitative estimate of drug-likeness (QED) is 0.919. The number of nitrogens with zero attached hydrogens (tertiary/aromatic N) is 2. The molecule has 0 amide bonds. The molecule has 110 valence electrons. The molecule has 0 fully saturated rings. The normalized spacial score (nSPS) is 22.5. The van der Waals surface area contributed by atoms with E-state index in [0.717, 1.165) is 0 Å². The van der Waals surface area contributed by atoms with Gasteiger partial charge in [-0.2, -0.15) is 18.3 Å². The van der Waals surface area contributed by atoms with Crippen molar-refractivity contribution in [1.82, 2.24) is 0 Å². The van der Waals surface area contributed by atoms with Crippen molar-refractivity contribution in [2.45, 2.75) is 18.3 Å². The number of hydrogen-bond donors (Lipinski definition) is 1. The third-order valence-electron chi connectivity index (χ3n) is 3.25. The summed E-state index contributed by atoms with van der Waals surface area (Å²) in [5.41, 5.74) is -2.59. The minimum absolute atomic E-state index is 0.198. The molecule has 0 saturated heterocycles. The first-order valence-corrected chi connectivity index (χ1v) is 7.05. The standard InChI is InChI=1S/C14H11F3N2OS/c15-14(16,17)13(20)9-11(12-7-4-8-21-12)18-19(13)10-5-2-1-3-6-10/h1-8,20H,9H2. The van der Waals surface area contributed by atoms with Gasteiger partial charge in [0.05, 0.1) is 22.7 Å². The Morgan fingerprint density at radius 3 is 2.43 bits per heavy atom. The molecule has 0 bridgehead atoms. The van der Waals surface area contributed by atoms with Crippen LogP contribution >= 0.6 is 11.3 Å². The van der Waals surface area contributed by atoms with Crippen molar-refractivity contribution in [3.05, 3.63) is 52.7 Å². The van der Waals surface area contributed by atoms with Gasteiger partial charge in [0.25, 0.3) is 5.72 Å². The Balaban J connectivity index is 2.07. The minimum Gasteiger partial charge on any atom is -0.362 e. The van der Waals surface area contributed by atoms with Gasteiger partial charge < -0.3 is 5.11 Å². The van der Waals surface area contributed by atoms with Crippen LogP contribution in [0.3, 0.4) is 0 Å². The maximum atomic E-state index is 13.3. The molecule has 0 spiro atoms. The number of rotatable bonds is 2. The molecule has 1 aromatic carbocycles. The molecule has 1 N–H and O–H groups in total. The van der Waals surface area contributed by atoms with Crippen molar-refractivity contribution in [2.75, 3.05) is 5.01 Å². The van der Waals surface area contributed by atoms with Gasteiger partial charge in [-0.3, -0.25) is 0 Å². The van der Waals surface area contributed by atoms with Crippen LogP contribution in [0.4, 0.5) is 18.9 Å². The van der Waals surface area contributed by atoms with Gasteiger partial charge in [-0.25, -0.2) is 5.01 Å².